The van der Waals surface area contributed by atoms with Gasteiger partial charge in [-0.05, 0) is 33.8 Å². The van der Waals surface area contributed by atoms with Crippen molar-refractivity contribution in [1.82, 2.24) is 19.7 Å². The van der Waals surface area contributed by atoms with Gasteiger partial charge < -0.3 is 0 Å². The highest BCUT2D eigenvalue weighted by atomic mass is 79.9. The maximum Gasteiger partial charge on any atom is 0.192 e. The fourth-order valence-electron chi connectivity index (χ4n) is 0.942. The smallest absolute Gasteiger partial charge is 0.192 e. The Kier molecular flexibility index (Phi) is 3.01. The molecule has 0 aliphatic carbocycles. The summed E-state index contributed by atoms with van der Waals surface area (Å²) in [5, 5.41) is 4.77. The van der Waals surface area contributed by atoms with Crippen molar-refractivity contribution in [3.8, 4) is 0 Å². The second kappa shape index (κ2) is 4.28. The quantitative estimate of drug-likeness (QED) is 0.850. The van der Waals surface area contributed by atoms with Gasteiger partial charge in [0.05, 0.1) is 0 Å². The molecule has 0 bridgehead atoms. The van der Waals surface area contributed by atoms with Gasteiger partial charge in [0.15, 0.2) is 11.0 Å². The number of aromatic nitrogens is 4. The summed E-state index contributed by atoms with van der Waals surface area (Å²) in [6.45, 7) is 0. The minimum atomic E-state index is -0.377. The predicted octanol–water partition coefficient (Wildman–Crippen LogP) is 2.26. The Morgan fingerprint density at radius 2 is 2.27 bits per heavy atom. The molecule has 0 saturated heterocycles. The number of pyridine rings is 1. The molecular formula is C8H6BrFN4S. The van der Waals surface area contributed by atoms with Gasteiger partial charge in [-0.15, -0.1) is 0 Å². The summed E-state index contributed by atoms with van der Waals surface area (Å²) in [5.74, 6) is -0.377. The van der Waals surface area contributed by atoms with Crippen molar-refractivity contribution in [2.45, 2.75) is 10.2 Å². The van der Waals surface area contributed by atoms with Gasteiger partial charge in [-0.3, -0.25) is 0 Å². The molecule has 0 spiro atoms. The van der Waals surface area contributed by atoms with E-state index in [1.54, 1.807) is 17.9 Å². The monoisotopic (exact) mass is 288 g/mol. The van der Waals surface area contributed by atoms with Gasteiger partial charge in [0.25, 0.3) is 0 Å². The average molecular weight is 289 g/mol. The van der Waals surface area contributed by atoms with Crippen LogP contribution in [-0.2, 0) is 7.05 Å². The van der Waals surface area contributed by atoms with Crippen molar-refractivity contribution in [1.29, 1.82) is 0 Å². The summed E-state index contributed by atoms with van der Waals surface area (Å²) in [7, 11) is 1.74. The Morgan fingerprint density at radius 1 is 1.47 bits per heavy atom. The fraction of sp³-hybridized carbons (Fsp3) is 0.125. The molecule has 0 fully saturated rings. The molecule has 0 saturated carbocycles. The van der Waals surface area contributed by atoms with E-state index < -0.39 is 0 Å². The van der Waals surface area contributed by atoms with Crippen LogP contribution in [0.5, 0.6) is 0 Å². The molecule has 7 heteroatoms. The van der Waals surface area contributed by atoms with E-state index in [2.05, 4.69) is 31.0 Å². The van der Waals surface area contributed by atoms with Crippen molar-refractivity contribution in [3.05, 3.63) is 28.9 Å². The normalized spacial score (nSPS) is 10.6. The molecule has 2 aromatic heterocycles. The van der Waals surface area contributed by atoms with E-state index in [-0.39, 0.29) is 10.8 Å². The van der Waals surface area contributed by atoms with Crippen LogP contribution < -0.4 is 0 Å². The summed E-state index contributed by atoms with van der Waals surface area (Å²) >= 11 is 4.28. The first-order valence-corrected chi connectivity index (χ1v) is 5.60. The molecule has 0 aromatic carbocycles. The van der Waals surface area contributed by atoms with Crippen LogP contribution in [0.25, 0.3) is 0 Å². The molecule has 2 heterocycles. The van der Waals surface area contributed by atoms with Gasteiger partial charge >= 0.3 is 0 Å². The van der Waals surface area contributed by atoms with E-state index in [4.69, 9.17) is 0 Å². The van der Waals surface area contributed by atoms with Crippen LogP contribution >= 0.6 is 27.7 Å². The highest BCUT2D eigenvalue weighted by Gasteiger charge is 2.09. The Balaban J connectivity index is 2.29. The zero-order chi connectivity index (χ0) is 10.8. The highest BCUT2D eigenvalue weighted by molar-refractivity contribution is 9.10. The predicted molar refractivity (Wildman–Crippen MR) is 57.0 cm³/mol. The maximum absolute atomic E-state index is 13.4. The Hall–Kier alpha value is -0.950. The molecule has 0 N–H and O–H groups in total. The third-order valence-corrected chi connectivity index (χ3v) is 3.11. The lowest BCUT2D eigenvalue weighted by atomic mass is 10.5. The SMILES string of the molecule is Cn1ncnc1Sc1ncc(Br)cc1F. The lowest BCUT2D eigenvalue weighted by Crippen LogP contribution is -1.94. The molecule has 0 radical (unpaired) electrons. The van der Waals surface area contributed by atoms with Crippen molar-refractivity contribution in [2.24, 2.45) is 7.05 Å². The summed E-state index contributed by atoms with van der Waals surface area (Å²) in [4.78, 5) is 7.92. The highest BCUT2D eigenvalue weighted by Crippen LogP contribution is 2.26. The van der Waals surface area contributed by atoms with Crippen LogP contribution in [0.1, 0.15) is 0 Å². The fourth-order valence-corrected chi connectivity index (χ4v) is 1.96. The van der Waals surface area contributed by atoms with E-state index in [0.29, 0.717) is 9.63 Å². The molecule has 0 aliphatic rings. The molecule has 2 aromatic rings. The largest absolute Gasteiger partial charge is 0.245 e. The molecule has 2 rings (SSSR count). The van der Waals surface area contributed by atoms with Crippen molar-refractivity contribution >= 4 is 27.7 Å². The summed E-state index contributed by atoms with van der Waals surface area (Å²) < 4.78 is 15.6. The third-order valence-electron chi connectivity index (χ3n) is 1.63. The van der Waals surface area contributed by atoms with Crippen molar-refractivity contribution in [3.63, 3.8) is 0 Å². The van der Waals surface area contributed by atoms with Gasteiger partial charge in [-0.1, -0.05) is 0 Å². The molecule has 0 unspecified atom stereocenters. The minimum Gasteiger partial charge on any atom is -0.245 e. The maximum atomic E-state index is 13.4. The minimum absolute atomic E-state index is 0.286. The first-order valence-electron chi connectivity index (χ1n) is 3.99. The first kappa shape index (κ1) is 10.6. The van der Waals surface area contributed by atoms with Crippen LogP contribution in [-0.4, -0.2) is 19.7 Å². The van der Waals surface area contributed by atoms with Gasteiger partial charge in [-0.2, -0.15) is 5.10 Å². The molecule has 0 aliphatic heterocycles. The van der Waals surface area contributed by atoms with Crippen LogP contribution in [0.4, 0.5) is 4.39 Å². The summed E-state index contributed by atoms with van der Waals surface area (Å²) in [6, 6.07) is 1.37. The van der Waals surface area contributed by atoms with Gasteiger partial charge in [0, 0.05) is 17.7 Å². The van der Waals surface area contributed by atoms with Crippen LogP contribution in [0.2, 0.25) is 0 Å². The molecule has 15 heavy (non-hydrogen) atoms. The molecule has 4 nitrogen and oxygen atoms in total. The number of halogens is 2. The lowest BCUT2D eigenvalue weighted by Gasteiger charge is -2.01. The van der Waals surface area contributed by atoms with E-state index >= 15 is 0 Å². The molecular weight excluding hydrogens is 283 g/mol. The average Bonchev–Trinajstić information content (AvgIpc) is 2.57. The third kappa shape index (κ3) is 2.35. The van der Waals surface area contributed by atoms with Gasteiger partial charge in [0.1, 0.15) is 11.4 Å². The number of aryl methyl sites for hydroxylation is 1. The zero-order valence-corrected chi connectivity index (χ0v) is 10.1. The van der Waals surface area contributed by atoms with Crippen LogP contribution in [0.15, 0.2) is 33.2 Å². The van der Waals surface area contributed by atoms with E-state index in [1.807, 2.05) is 0 Å². The zero-order valence-electron chi connectivity index (χ0n) is 7.69. The summed E-state index contributed by atoms with van der Waals surface area (Å²) in [6.07, 6.45) is 2.96. The number of rotatable bonds is 2. The second-order valence-electron chi connectivity index (χ2n) is 2.71. The van der Waals surface area contributed by atoms with Gasteiger partial charge in [-0.25, -0.2) is 19.0 Å². The number of hydrogen-bond donors (Lipinski definition) is 0. The van der Waals surface area contributed by atoms with E-state index in [1.165, 1.54) is 12.4 Å². The Bertz CT molecular complexity index is 487. The summed E-state index contributed by atoms with van der Waals surface area (Å²) in [5.41, 5.74) is 0. The molecule has 0 atom stereocenters. The molecule has 0 amide bonds. The first-order chi connectivity index (χ1) is 7.16. The van der Waals surface area contributed by atoms with Crippen LogP contribution in [0, 0.1) is 5.82 Å². The Morgan fingerprint density at radius 3 is 2.87 bits per heavy atom. The van der Waals surface area contributed by atoms with E-state index in [9.17, 15) is 4.39 Å². The second-order valence-corrected chi connectivity index (χ2v) is 4.58. The standard InChI is InChI=1S/C8H6BrFN4S/c1-14-8(12-4-13-14)15-7-6(10)2-5(9)3-11-7/h2-4H,1H3. The van der Waals surface area contributed by atoms with Crippen LogP contribution in [0.3, 0.4) is 0 Å². The van der Waals surface area contributed by atoms with Crippen molar-refractivity contribution < 1.29 is 4.39 Å². The molecule has 78 valence electrons. The van der Waals surface area contributed by atoms with Gasteiger partial charge in [0.2, 0.25) is 0 Å². The topological polar surface area (TPSA) is 43.6 Å². The lowest BCUT2D eigenvalue weighted by molar-refractivity contribution is 0.585. The van der Waals surface area contributed by atoms with Crippen molar-refractivity contribution in [2.75, 3.05) is 0 Å². The van der Waals surface area contributed by atoms with E-state index in [0.717, 1.165) is 11.8 Å². The Labute approximate surface area is 98.1 Å². The number of nitrogens with zero attached hydrogens (tertiary/aromatic N) is 4. The number of hydrogen-bond acceptors (Lipinski definition) is 4.